The molecule has 0 saturated heterocycles. The van der Waals surface area contributed by atoms with E-state index in [1.165, 1.54) is 0 Å². The molecule has 2 N–H and O–H groups in total. The average molecular weight is 187 g/mol. The van der Waals surface area contributed by atoms with Crippen LogP contribution in [0.4, 0.5) is 4.79 Å². The highest BCUT2D eigenvalue weighted by Crippen LogP contribution is 2.21. The number of aldehydes is 1. The van der Waals surface area contributed by atoms with Crippen molar-refractivity contribution >= 4 is 12.4 Å². The molecular weight excluding hydrogens is 170 g/mol. The summed E-state index contributed by atoms with van der Waals surface area (Å²) in [5.41, 5.74) is 0.126. The molecule has 0 aliphatic rings. The third-order valence-corrected chi connectivity index (χ3v) is 1.68. The van der Waals surface area contributed by atoms with Crippen LogP contribution >= 0.6 is 0 Å². The van der Waals surface area contributed by atoms with E-state index < -0.39 is 12.1 Å². The van der Waals surface area contributed by atoms with Crippen LogP contribution in [0.15, 0.2) is 0 Å². The van der Waals surface area contributed by atoms with Gasteiger partial charge in [0.25, 0.3) is 0 Å². The molecule has 76 valence electrons. The number of carbonyl (C=O) groups excluding carboxylic acids is 1. The van der Waals surface area contributed by atoms with Crippen LogP contribution in [-0.2, 0) is 4.79 Å². The largest absolute Gasteiger partial charge is 0.465 e. The maximum atomic E-state index is 10.4. The Morgan fingerprint density at radius 3 is 2.38 bits per heavy atom. The fourth-order valence-corrected chi connectivity index (χ4v) is 0.921. The van der Waals surface area contributed by atoms with Crippen molar-refractivity contribution in [1.29, 1.82) is 0 Å². The molecule has 0 rings (SSSR count). The highest BCUT2D eigenvalue weighted by atomic mass is 16.4. The normalized spacial score (nSPS) is 13.5. The van der Waals surface area contributed by atoms with Crippen molar-refractivity contribution in [2.45, 2.75) is 39.7 Å². The Hall–Kier alpha value is -1.06. The predicted octanol–water partition coefficient (Wildman–Crippen LogP) is 1.65. The molecule has 1 atom stereocenters. The van der Waals surface area contributed by atoms with E-state index in [0.29, 0.717) is 12.7 Å². The molecule has 0 aromatic rings. The molecule has 4 nitrogen and oxygen atoms in total. The molecule has 0 aliphatic heterocycles. The van der Waals surface area contributed by atoms with Crippen LogP contribution in [0, 0.1) is 5.41 Å². The zero-order chi connectivity index (χ0) is 10.5. The van der Waals surface area contributed by atoms with Crippen molar-refractivity contribution in [2.75, 3.05) is 0 Å². The van der Waals surface area contributed by atoms with E-state index >= 15 is 0 Å². The predicted molar refractivity (Wildman–Crippen MR) is 49.7 cm³/mol. The number of carbonyl (C=O) groups is 2. The lowest BCUT2D eigenvalue weighted by atomic mass is 9.89. The van der Waals surface area contributed by atoms with Crippen molar-refractivity contribution in [3.63, 3.8) is 0 Å². The van der Waals surface area contributed by atoms with Crippen molar-refractivity contribution in [3.05, 3.63) is 0 Å². The highest BCUT2D eigenvalue weighted by Gasteiger charge is 2.15. The Labute approximate surface area is 78.3 Å². The third kappa shape index (κ3) is 7.31. The number of rotatable bonds is 4. The second-order valence-electron chi connectivity index (χ2n) is 4.29. The van der Waals surface area contributed by atoms with Crippen LogP contribution in [-0.4, -0.2) is 23.5 Å². The number of hydrogen-bond acceptors (Lipinski definition) is 2. The average Bonchev–Trinajstić information content (AvgIpc) is 1.95. The van der Waals surface area contributed by atoms with Gasteiger partial charge >= 0.3 is 6.09 Å². The minimum absolute atomic E-state index is 0.126. The maximum Gasteiger partial charge on any atom is 0.405 e. The van der Waals surface area contributed by atoms with Crippen LogP contribution in [0.3, 0.4) is 0 Å². The summed E-state index contributed by atoms with van der Waals surface area (Å²) in [5.74, 6) is 0. The van der Waals surface area contributed by atoms with Crippen LogP contribution in [0.5, 0.6) is 0 Å². The molecule has 1 amide bonds. The van der Waals surface area contributed by atoms with Gasteiger partial charge in [-0.15, -0.1) is 0 Å². The van der Waals surface area contributed by atoms with Gasteiger partial charge in [0.2, 0.25) is 0 Å². The van der Waals surface area contributed by atoms with Crippen molar-refractivity contribution in [3.8, 4) is 0 Å². The molecule has 0 heterocycles. The molecule has 0 aromatic heterocycles. The second-order valence-corrected chi connectivity index (χ2v) is 4.29. The first-order valence-electron chi connectivity index (χ1n) is 4.30. The summed E-state index contributed by atoms with van der Waals surface area (Å²) in [5, 5.41) is 10.5. The van der Waals surface area contributed by atoms with Crippen molar-refractivity contribution in [2.24, 2.45) is 5.41 Å². The van der Waals surface area contributed by atoms with Gasteiger partial charge in [-0.2, -0.15) is 0 Å². The Balaban J connectivity index is 3.86. The molecule has 0 saturated carbocycles. The molecule has 0 unspecified atom stereocenters. The van der Waals surface area contributed by atoms with Crippen LogP contribution in [0.25, 0.3) is 0 Å². The van der Waals surface area contributed by atoms with Gasteiger partial charge < -0.3 is 15.2 Å². The van der Waals surface area contributed by atoms with Crippen molar-refractivity contribution < 1.29 is 14.7 Å². The van der Waals surface area contributed by atoms with E-state index in [0.717, 1.165) is 6.42 Å². The summed E-state index contributed by atoms with van der Waals surface area (Å²) in [6.45, 7) is 6.15. The van der Waals surface area contributed by atoms with E-state index in [-0.39, 0.29) is 5.41 Å². The van der Waals surface area contributed by atoms with Gasteiger partial charge in [-0.05, 0) is 18.3 Å². The van der Waals surface area contributed by atoms with E-state index in [1.807, 2.05) is 0 Å². The fourth-order valence-electron chi connectivity index (χ4n) is 0.921. The van der Waals surface area contributed by atoms with Gasteiger partial charge in [-0.25, -0.2) is 4.79 Å². The number of amides is 1. The molecule has 0 aliphatic carbocycles. The van der Waals surface area contributed by atoms with E-state index in [1.54, 1.807) is 0 Å². The SMILES string of the molecule is CC(C)(C)CC[C@@H](C=O)NC(=O)O. The zero-order valence-corrected chi connectivity index (χ0v) is 8.33. The van der Waals surface area contributed by atoms with Gasteiger partial charge in [0.15, 0.2) is 0 Å². The molecule has 0 radical (unpaired) electrons. The number of hydrogen-bond donors (Lipinski definition) is 2. The lowest BCUT2D eigenvalue weighted by Gasteiger charge is -2.20. The Morgan fingerprint density at radius 2 is 2.08 bits per heavy atom. The van der Waals surface area contributed by atoms with E-state index in [4.69, 9.17) is 5.11 Å². The number of nitrogens with one attached hydrogen (secondary N) is 1. The Morgan fingerprint density at radius 1 is 1.54 bits per heavy atom. The summed E-state index contributed by atoms with van der Waals surface area (Å²) >= 11 is 0. The van der Waals surface area contributed by atoms with Gasteiger partial charge in [0.1, 0.15) is 6.29 Å². The number of carboxylic acid groups (broad SMARTS) is 1. The topological polar surface area (TPSA) is 66.4 Å². The minimum Gasteiger partial charge on any atom is -0.465 e. The molecule has 0 aromatic carbocycles. The Bertz CT molecular complexity index is 184. The molecule has 0 fully saturated rings. The summed E-state index contributed by atoms with van der Waals surface area (Å²) < 4.78 is 0. The highest BCUT2D eigenvalue weighted by molar-refractivity contribution is 5.71. The summed E-state index contributed by atoms with van der Waals surface area (Å²) in [6, 6.07) is -0.572. The third-order valence-electron chi connectivity index (χ3n) is 1.68. The van der Waals surface area contributed by atoms with Crippen LogP contribution in [0.1, 0.15) is 33.6 Å². The van der Waals surface area contributed by atoms with E-state index in [2.05, 4.69) is 26.1 Å². The summed E-state index contributed by atoms with van der Waals surface area (Å²) in [4.78, 5) is 20.7. The molecule has 4 heteroatoms. The summed E-state index contributed by atoms with van der Waals surface area (Å²) in [6.07, 6.45) is 0.863. The first-order chi connectivity index (χ1) is 5.85. The minimum atomic E-state index is -1.15. The standard InChI is InChI=1S/C9H17NO3/c1-9(2,3)5-4-7(6-11)10-8(12)13/h6-7,10H,4-5H2,1-3H3,(H,12,13)/t7-/m0/s1. The Kier molecular flexibility index (Phi) is 4.45. The smallest absolute Gasteiger partial charge is 0.405 e. The molecule has 0 spiro atoms. The summed E-state index contributed by atoms with van der Waals surface area (Å²) in [7, 11) is 0. The first kappa shape index (κ1) is 11.9. The molecule has 13 heavy (non-hydrogen) atoms. The van der Waals surface area contributed by atoms with Crippen LogP contribution in [0.2, 0.25) is 0 Å². The van der Waals surface area contributed by atoms with Gasteiger partial charge in [0, 0.05) is 0 Å². The monoisotopic (exact) mass is 187 g/mol. The fraction of sp³-hybridized carbons (Fsp3) is 0.778. The van der Waals surface area contributed by atoms with Gasteiger partial charge in [-0.1, -0.05) is 20.8 Å². The lowest BCUT2D eigenvalue weighted by molar-refractivity contribution is -0.109. The molecule has 0 bridgehead atoms. The second kappa shape index (κ2) is 4.84. The van der Waals surface area contributed by atoms with E-state index in [9.17, 15) is 9.59 Å². The molecular formula is C9H17NO3. The van der Waals surface area contributed by atoms with Gasteiger partial charge in [0.05, 0.1) is 6.04 Å². The lowest BCUT2D eigenvalue weighted by Crippen LogP contribution is -2.35. The van der Waals surface area contributed by atoms with Gasteiger partial charge in [-0.3, -0.25) is 0 Å². The van der Waals surface area contributed by atoms with Crippen molar-refractivity contribution in [1.82, 2.24) is 5.32 Å². The maximum absolute atomic E-state index is 10.4. The van der Waals surface area contributed by atoms with Crippen LogP contribution < -0.4 is 5.32 Å². The zero-order valence-electron chi connectivity index (χ0n) is 8.33. The first-order valence-corrected chi connectivity index (χ1v) is 4.30. The quantitative estimate of drug-likeness (QED) is 0.657.